The number of aryl methyl sites for hydroxylation is 1. The van der Waals surface area contributed by atoms with Crippen molar-refractivity contribution in [3.63, 3.8) is 0 Å². The summed E-state index contributed by atoms with van der Waals surface area (Å²) >= 11 is 0. The zero-order valence-electron chi connectivity index (χ0n) is 10.6. The van der Waals surface area contributed by atoms with Gasteiger partial charge in [-0.25, -0.2) is 4.79 Å². The molecule has 0 amide bonds. The highest BCUT2D eigenvalue weighted by Crippen LogP contribution is 2.42. The summed E-state index contributed by atoms with van der Waals surface area (Å²) in [6.45, 7) is 0. The van der Waals surface area contributed by atoms with Crippen LogP contribution in [-0.2, 0) is 16.8 Å². The molecule has 0 saturated heterocycles. The Labute approximate surface area is 110 Å². The minimum absolute atomic E-state index is 0.107. The number of carbonyl (C=O) groups excluding carboxylic acids is 1. The average Bonchev–Trinajstić information content (AvgIpc) is 3.05. The molecule has 1 aliphatic carbocycles. The van der Waals surface area contributed by atoms with Gasteiger partial charge in [-0.2, -0.15) is 0 Å². The largest absolute Gasteiger partial charge is 0.463 e. The van der Waals surface area contributed by atoms with E-state index < -0.39 is 11.6 Å². The van der Waals surface area contributed by atoms with Crippen LogP contribution in [0, 0.1) is 0 Å². The number of fused-ring (bicyclic) bond motifs is 1. The Balaban J connectivity index is 2.03. The number of rotatable bonds is 2. The SMILES string of the molecule is COC(=O)c1ccc(C2(O)CCc3ccccc32)o1. The van der Waals surface area contributed by atoms with E-state index in [1.807, 2.05) is 24.3 Å². The first-order valence-electron chi connectivity index (χ1n) is 6.14. The summed E-state index contributed by atoms with van der Waals surface area (Å²) in [5, 5.41) is 10.8. The molecule has 2 aromatic rings. The average molecular weight is 258 g/mol. The number of methoxy groups -OCH3 is 1. The van der Waals surface area contributed by atoms with Crippen LogP contribution in [-0.4, -0.2) is 18.2 Å². The molecule has 4 nitrogen and oxygen atoms in total. The fourth-order valence-corrected chi connectivity index (χ4v) is 2.62. The van der Waals surface area contributed by atoms with Gasteiger partial charge in [0.1, 0.15) is 11.4 Å². The van der Waals surface area contributed by atoms with E-state index in [9.17, 15) is 9.90 Å². The van der Waals surface area contributed by atoms with Gasteiger partial charge in [0.2, 0.25) is 5.76 Å². The zero-order chi connectivity index (χ0) is 13.5. The molecular formula is C15H14O4. The summed E-state index contributed by atoms with van der Waals surface area (Å²) in [5.41, 5.74) is 0.810. The third-order valence-corrected chi connectivity index (χ3v) is 3.62. The van der Waals surface area contributed by atoms with Crippen molar-refractivity contribution in [2.24, 2.45) is 0 Å². The summed E-state index contributed by atoms with van der Waals surface area (Å²) < 4.78 is 10.1. The molecule has 3 rings (SSSR count). The number of benzene rings is 1. The number of hydrogen-bond donors (Lipinski definition) is 1. The molecule has 1 N–H and O–H groups in total. The smallest absolute Gasteiger partial charge is 0.373 e. The predicted octanol–water partition coefficient (Wildman–Crippen LogP) is 2.25. The molecule has 4 heteroatoms. The van der Waals surface area contributed by atoms with Gasteiger partial charge in [0.25, 0.3) is 0 Å². The van der Waals surface area contributed by atoms with Gasteiger partial charge in [0.05, 0.1) is 7.11 Å². The molecule has 0 bridgehead atoms. The van der Waals surface area contributed by atoms with Crippen molar-refractivity contribution in [1.29, 1.82) is 0 Å². The summed E-state index contributed by atoms with van der Waals surface area (Å²) in [6.07, 6.45) is 1.35. The molecule has 0 aliphatic heterocycles. The van der Waals surface area contributed by atoms with Gasteiger partial charge in [-0.1, -0.05) is 24.3 Å². The van der Waals surface area contributed by atoms with Crippen LogP contribution in [0.15, 0.2) is 40.8 Å². The van der Waals surface area contributed by atoms with Crippen LogP contribution in [0.2, 0.25) is 0 Å². The zero-order valence-corrected chi connectivity index (χ0v) is 10.6. The molecule has 0 fully saturated rings. The van der Waals surface area contributed by atoms with Crippen molar-refractivity contribution in [2.75, 3.05) is 7.11 Å². The lowest BCUT2D eigenvalue weighted by Crippen LogP contribution is -2.23. The standard InChI is InChI=1S/C15H14O4/c1-18-14(16)12-6-7-13(19-12)15(17)9-8-10-4-2-3-5-11(10)15/h2-7,17H,8-9H2,1H3. The molecule has 1 aliphatic rings. The lowest BCUT2D eigenvalue weighted by Gasteiger charge is -2.21. The predicted molar refractivity (Wildman–Crippen MR) is 67.8 cm³/mol. The monoisotopic (exact) mass is 258 g/mol. The van der Waals surface area contributed by atoms with E-state index in [4.69, 9.17) is 4.42 Å². The maximum Gasteiger partial charge on any atom is 0.373 e. The highest BCUT2D eigenvalue weighted by molar-refractivity contribution is 5.86. The van der Waals surface area contributed by atoms with Gasteiger partial charge < -0.3 is 14.3 Å². The Hall–Kier alpha value is -2.07. The Morgan fingerprint density at radius 1 is 1.32 bits per heavy atom. The number of ether oxygens (including phenoxy) is 1. The molecule has 0 saturated carbocycles. The maximum absolute atomic E-state index is 11.4. The van der Waals surface area contributed by atoms with Crippen LogP contribution in [0.25, 0.3) is 0 Å². The van der Waals surface area contributed by atoms with Crippen molar-refractivity contribution < 1.29 is 19.1 Å². The van der Waals surface area contributed by atoms with Crippen LogP contribution < -0.4 is 0 Å². The van der Waals surface area contributed by atoms with Crippen LogP contribution in [0.4, 0.5) is 0 Å². The quantitative estimate of drug-likeness (QED) is 0.839. The van der Waals surface area contributed by atoms with E-state index in [1.54, 1.807) is 6.07 Å². The highest BCUT2D eigenvalue weighted by atomic mass is 16.5. The topological polar surface area (TPSA) is 59.7 Å². The third-order valence-electron chi connectivity index (χ3n) is 3.62. The minimum atomic E-state index is -1.15. The number of hydrogen-bond acceptors (Lipinski definition) is 4. The first-order valence-corrected chi connectivity index (χ1v) is 6.14. The Kier molecular flexibility index (Phi) is 2.68. The van der Waals surface area contributed by atoms with Gasteiger partial charge in [-0.15, -0.1) is 0 Å². The van der Waals surface area contributed by atoms with E-state index in [2.05, 4.69) is 4.74 Å². The van der Waals surface area contributed by atoms with Crippen LogP contribution in [0.1, 0.15) is 33.9 Å². The molecule has 1 aromatic carbocycles. The van der Waals surface area contributed by atoms with E-state index in [-0.39, 0.29) is 5.76 Å². The first-order chi connectivity index (χ1) is 9.15. The Morgan fingerprint density at radius 3 is 2.89 bits per heavy atom. The molecule has 0 radical (unpaired) electrons. The number of carbonyl (C=O) groups is 1. The molecule has 1 heterocycles. The molecule has 1 unspecified atom stereocenters. The second kappa shape index (κ2) is 4.24. The van der Waals surface area contributed by atoms with Crippen molar-refractivity contribution in [1.82, 2.24) is 0 Å². The molecule has 0 spiro atoms. The van der Waals surface area contributed by atoms with E-state index >= 15 is 0 Å². The lowest BCUT2D eigenvalue weighted by molar-refractivity contribution is 0.0474. The van der Waals surface area contributed by atoms with Gasteiger partial charge in [-0.05, 0) is 36.1 Å². The van der Waals surface area contributed by atoms with Gasteiger partial charge in [-0.3, -0.25) is 0 Å². The fraction of sp³-hybridized carbons (Fsp3) is 0.267. The van der Waals surface area contributed by atoms with Gasteiger partial charge in [0.15, 0.2) is 0 Å². The van der Waals surface area contributed by atoms with Crippen molar-refractivity contribution in [3.8, 4) is 0 Å². The van der Waals surface area contributed by atoms with Crippen molar-refractivity contribution in [3.05, 3.63) is 59.0 Å². The van der Waals surface area contributed by atoms with E-state index in [1.165, 1.54) is 13.2 Å². The van der Waals surface area contributed by atoms with Gasteiger partial charge in [0, 0.05) is 0 Å². The molecule has 1 aromatic heterocycles. The van der Waals surface area contributed by atoms with Gasteiger partial charge >= 0.3 is 5.97 Å². The third kappa shape index (κ3) is 1.76. The Bertz CT molecular complexity index is 629. The van der Waals surface area contributed by atoms with E-state index in [0.717, 1.165) is 17.5 Å². The second-order valence-electron chi connectivity index (χ2n) is 4.67. The number of furan rings is 1. The Morgan fingerprint density at radius 2 is 2.11 bits per heavy atom. The number of aliphatic hydroxyl groups is 1. The van der Waals surface area contributed by atoms with Crippen molar-refractivity contribution in [2.45, 2.75) is 18.4 Å². The van der Waals surface area contributed by atoms with Crippen LogP contribution >= 0.6 is 0 Å². The molecule has 1 atom stereocenters. The summed E-state index contributed by atoms with van der Waals surface area (Å²) in [5.74, 6) is -0.0470. The molecule has 19 heavy (non-hydrogen) atoms. The minimum Gasteiger partial charge on any atom is -0.463 e. The summed E-state index contributed by atoms with van der Waals surface area (Å²) in [7, 11) is 1.30. The van der Waals surface area contributed by atoms with E-state index in [0.29, 0.717) is 12.2 Å². The number of esters is 1. The first kappa shape index (κ1) is 12.0. The van der Waals surface area contributed by atoms with Crippen molar-refractivity contribution >= 4 is 5.97 Å². The summed E-state index contributed by atoms with van der Waals surface area (Å²) in [6, 6.07) is 10.9. The second-order valence-corrected chi connectivity index (χ2v) is 4.67. The van der Waals surface area contributed by atoms with Crippen LogP contribution in [0.3, 0.4) is 0 Å². The fourth-order valence-electron chi connectivity index (χ4n) is 2.62. The molecule has 98 valence electrons. The normalized spacial score (nSPS) is 21.2. The highest BCUT2D eigenvalue weighted by Gasteiger charge is 2.41. The maximum atomic E-state index is 11.4. The molecular weight excluding hydrogens is 244 g/mol. The lowest BCUT2D eigenvalue weighted by atomic mass is 9.93. The summed E-state index contributed by atoms with van der Waals surface area (Å²) in [4.78, 5) is 11.4. The van der Waals surface area contributed by atoms with Crippen LogP contribution in [0.5, 0.6) is 0 Å².